The van der Waals surface area contributed by atoms with Gasteiger partial charge in [0.2, 0.25) is 5.88 Å². The van der Waals surface area contributed by atoms with Gasteiger partial charge in [-0.3, -0.25) is 4.79 Å². The van der Waals surface area contributed by atoms with Gasteiger partial charge in [0.15, 0.2) is 9.84 Å². The molecule has 1 aromatic heterocycles. The van der Waals surface area contributed by atoms with Gasteiger partial charge in [0, 0.05) is 44.0 Å². The summed E-state index contributed by atoms with van der Waals surface area (Å²) in [6.07, 6.45) is 19.5. The first-order valence-electron chi connectivity index (χ1n) is 25.3. The lowest BCUT2D eigenvalue weighted by Crippen LogP contribution is -2.68. The second-order valence-corrected chi connectivity index (χ2v) is 25.7. The van der Waals surface area contributed by atoms with Crippen LogP contribution in [0, 0.1) is 68.0 Å². The van der Waals surface area contributed by atoms with Crippen LogP contribution in [0.25, 0.3) is 0 Å². The number of nitriles is 1. The van der Waals surface area contributed by atoms with Crippen molar-refractivity contribution >= 4 is 15.8 Å². The molecule has 6 aliphatic carbocycles. The fourth-order valence-corrected chi connectivity index (χ4v) is 17.5. The highest BCUT2D eigenvalue weighted by molar-refractivity contribution is 7.91. The number of hydrogen-bond donors (Lipinski definition) is 1. The molecule has 1 aromatic carbocycles. The van der Waals surface area contributed by atoms with E-state index in [1.807, 2.05) is 30.3 Å². The van der Waals surface area contributed by atoms with Crippen LogP contribution in [0.5, 0.6) is 5.88 Å². The smallest absolute Gasteiger partial charge is 0.316 e. The van der Waals surface area contributed by atoms with E-state index in [0.29, 0.717) is 67.0 Å². The maximum absolute atomic E-state index is 14.2. The molecule has 5 fully saturated rings. The highest BCUT2D eigenvalue weighted by Crippen LogP contribution is 2.76. The van der Waals surface area contributed by atoms with E-state index in [4.69, 9.17) is 9.47 Å². The number of fused-ring (bicyclic) bond motifs is 7. The Morgan fingerprint density at radius 3 is 2.41 bits per heavy atom. The fourth-order valence-electron chi connectivity index (χ4n) is 16.2. The summed E-state index contributed by atoms with van der Waals surface area (Å²) in [7, 11) is -2.89. The predicted molar refractivity (Wildman–Crippen MR) is 261 cm³/mol. The SMILES string of the molecule is C=C(C)[C@@H]1CC[C@]2(NCCN3CCS(=O)(=O)CC3)CC[C@]3(C)[C@H](CC[C@@H]4[C@@]5(C)CC=C(C6=CCC(COc7cc(C#N)ccn7)(C(=O)OCc7ccccc7)CC6)C(C)(C)[C@@H]5CC[C@]43C)[C@@H]12. The Morgan fingerprint density at radius 1 is 0.924 bits per heavy atom. The number of nitrogens with one attached hydrogen (secondary N) is 1. The molecule has 1 unspecified atom stereocenters. The topological polar surface area (TPSA) is 122 Å². The van der Waals surface area contributed by atoms with Gasteiger partial charge in [0.1, 0.15) is 18.6 Å². The molecular formula is C56H76N4O5S. The molecule has 1 N–H and O–H groups in total. The normalized spacial score (nSPS) is 37.9. The fraction of sp³-hybridized carbons (Fsp3) is 0.661. The standard InChI is InChI=1S/C56H76N4O5S/c1-39(2)43-17-25-56(59-29-30-60-31-33-66(62,63)34-32-60)27-26-53(6)45(49(43)56)13-14-47-52(5)21-18-44(51(3,4)46(52)19-22-54(47,53)7)42-15-23-55(24-16-42,38-65-48-35-41(36-57)20-28-58-48)50(61)64-37-40-11-9-8-10-12-40/h8-12,15,18,20,28,35,43,45-47,49,59H,1,13-14,16-17,19,21-27,29-34,37-38H2,2-7H3/t43-,45+,46-,47+,49+,52-,53+,54+,55?,56-/m0/s1. The zero-order chi connectivity index (χ0) is 46.8. The van der Waals surface area contributed by atoms with E-state index >= 15 is 0 Å². The van der Waals surface area contributed by atoms with Crippen molar-refractivity contribution in [3.05, 3.63) is 95.2 Å². The third-order valence-corrected chi connectivity index (χ3v) is 21.6. The summed E-state index contributed by atoms with van der Waals surface area (Å²) in [5.41, 5.74) is 5.52. The first-order valence-corrected chi connectivity index (χ1v) is 27.1. The highest BCUT2D eigenvalue weighted by atomic mass is 32.2. The molecule has 0 bridgehead atoms. The van der Waals surface area contributed by atoms with Gasteiger partial charge < -0.3 is 19.7 Å². The number of hydrogen-bond acceptors (Lipinski definition) is 9. The van der Waals surface area contributed by atoms with Crippen LogP contribution in [0.4, 0.5) is 0 Å². The molecule has 10 heteroatoms. The van der Waals surface area contributed by atoms with E-state index < -0.39 is 15.3 Å². The van der Waals surface area contributed by atoms with Gasteiger partial charge in [-0.15, -0.1) is 0 Å². The van der Waals surface area contributed by atoms with Gasteiger partial charge in [-0.05, 0) is 158 Å². The predicted octanol–water partition coefficient (Wildman–Crippen LogP) is 10.4. The lowest BCUT2D eigenvalue weighted by molar-refractivity contribution is -0.221. The zero-order valence-corrected chi connectivity index (χ0v) is 41.6. The molecule has 0 spiro atoms. The number of allylic oxidation sites excluding steroid dienone is 5. The number of ether oxygens (including phenoxy) is 2. The lowest BCUT2D eigenvalue weighted by Gasteiger charge is -2.72. The van der Waals surface area contributed by atoms with Gasteiger partial charge in [-0.2, -0.15) is 5.26 Å². The maximum atomic E-state index is 14.2. The minimum atomic E-state index is -2.89. The highest BCUT2D eigenvalue weighted by Gasteiger charge is 2.70. The number of esters is 1. The van der Waals surface area contributed by atoms with Crippen molar-refractivity contribution < 1.29 is 22.7 Å². The van der Waals surface area contributed by atoms with Crippen molar-refractivity contribution in [1.29, 1.82) is 5.26 Å². The van der Waals surface area contributed by atoms with E-state index in [1.54, 1.807) is 18.3 Å². The Hall–Kier alpha value is -3.78. The lowest BCUT2D eigenvalue weighted by atomic mass is 9.33. The molecule has 0 radical (unpaired) electrons. The summed E-state index contributed by atoms with van der Waals surface area (Å²) in [5.74, 6) is 3.63. The number of rotatable bonds is 12. The number of benzene rings is 1. The third kappa shape index (κ3) is 8.13. The van der Waals surface area contributed by atoms with Crippen molar-refractivity contribution in [3.63, 3.8) is 0 Å². The molecule has 66 heavy (non-hydrogen) atoms. The molecule has 7 aliphatic rings. The average Bonchev–Trinajstić information content (AvgIpc) is 3.69. The number of nitrogens with zero attached hydrogens (tertiary/aromatic N) is 3. The van der Waals surface area contributed by atoms with E-state index in [-0.39, 0.29) is 57.9 Å². The minimum absolute atomic E-state index is 0.0232. The number of sulfone groups is 1. The Kier molecular flexibility index (Phi) is 12.6. The number of pyridine rings is 1. The molecule has 9 nitrogen and oxygen atoms in total. The van der Waals surface area contributed by atoms with Gasteiger partial charge in [-0.25, -0.2) is 13.4 Å². The van der Waals surface area contributed by atoms with Crippen LogP contribution >= 0.6 is 0 Å². The van der Waals surface area contributed by atoms with Gasteiger partial charge in [0.25, 0.3) is 0 Å². The molecule has 1 aliphatic heterocycles. The van der Waals surface area contributed by atoms with Crippen LogP contribution in [0.2, 0.25) is 0 Å². The summed E-state index contributed by atoms with van der Waals surface area (Å²) in [4.78, 5) is 20.9. The van der Waals surface area contributed by atoms with Crippen LogP contribution in [0.15, 0.2) is 84.1 Å². The maximum Gasteiger partial charge on any atom is 0.316 e. The molecule has 1 saturated heterocycles. The van der Waals surface area contributed by atoms with Crippen molar-refractivity contribution in [2.45, 2.75) is 131 Å². The Labute approximate surface area is 396 Å². The molecule has 356 valence electrons. The number of aromatic nitrogens is 1. The summed E-state index contributed by atoms with van der Waals surface area (Å²) in [6, 6.07) is 15.3. The van der Waals surface area contributed by atoms with Crippen molar-refractivity contribution in [3.8, 4) is 11.9 Å². The Morgan fingerprint density at radius 2 is 1.70 bits per heavy atom. The van der Waals surface area contributed by atoms with E-state index in [9.17, 15) is 18.5 Å². The molecule has 10 atom stereocenters. The second-order valence-electron chi connectivity index (χ2n) is 23.4. The van der Waals surface area contributed by atoms with E-state index in [2.05, 4.69) is 81.5 Å². The minimum Gasteiger partial charge on any atom is -0.476 e. The Bertz CT molecular complexity index is 2390. The largest absolute Gasteiger partial charge is 0.476 e. The average molecular weight is 917 g/mol. The summed E-state index contributed by atoms with van der Waals surface area (Å²) in [5, 5.41) is 13.7. The van der Waals surface area contributed by atoms with E-state index in [0.717, 1.165) is 31.5 Å². The molecule has 0 amide bonds. The molecular weight excluding hydrogens is 841 g/mol. The Balaban J connectivity index is 0.936. The van der Waals surface area contributed by atoms with Crippen molar-refractivity contribution in [1.82, 2.24) is 15.2 Å². The van der Waals surface area contributed by atoms with Crippen molar-refractivity contribution in [2.75, 3.05) is 44.3 Å². The van der Waals surface area contributed by atoms with Crippen LogP contribution in [-0.4, -0.2) is 74.1 Å². The summed E-state index contributed by atoms with van der Waals surface area (Å²) < 4.78 is 36.6. The van der Waals surface area contributed by atoms with Crippen LogP contribution < -0.4 is 10.1 Å². The quantitative estimate of drug-likeness (QED) is 0.164. The van der Waals surface area contributed by atoms with Crippen LogP contribution in [0.3, 0.4) is 0 Å². The van der Waals surface area contributed by atoms with Crippen LogP contribution in [0.1, 0.15) is 130 Å². The van der Waals surface area contributed by atoms with Gasteiger partial charge in [-0.1, -0.05) is 89.3 Å². The van der Waals surface area contributed by atoms with E-state index in [1.165, 1.54) is 68.1 Å². The van der Waals surface area contributed by atoms with Crippen LogP contribution in [-0.2, 0) is 26.0 Å². The monoisotopic (exact) mass is 917 g/mol. The molecule has 2 aromatic rings. The molecule has 4 saturated carbocycles. The zero-order valence-electron chi connectivity index (χ0n) is 40.8. The summed E-state index contributed by atoms with van der Waals surface area (Å²) in [6.45, 7) is 23.6. The first kappa shape index (κ1) is 47.3. The van der Waals surface area contributed by atoms with Gasteiger partial charge in [0.05, 0.1) is 23.1 Å². The van der Waals surface area contributed by atoms with Gasteiger partial charge >= 0.3 is 5.97 Å². The number of carbonyl (C=O) groups is 1. The first-order chi connectivity index (χ1) is 31.4. The second kappa shape index (κ2) is 17.6. The number of carbonyl (C=O) groups excluding carboxylic acids is 1. The van der Waals surface area contributed by atoms with Crippen molar-refractivity contribution in [2.24, 2.45) is 56.7 Å². The molecule has 9 rings (SSSR count). The third-order valence-electron chi connectivity index (χ3n) is 20.0. The molecule has 2 heterocycles. The summed E-state index contributed by atoms with van der Waals surface area (Å²) >= 11 is 0.